The van der Waals surface area contributed by atoms with Gasteiger partial charge in [-0.25, -0.2) is 0 Å². The zero-order chi connectivity index (χ0) is 25.8. The molecule has 1 amide bonds. The van der Waals surface area contributed by atoms with Crippen LogP contribution in [-0.2, 0) is 23.9 Å². The largest absolute Gasteiger partial charge is 0.416 e. The van der Waals surface area contributed by atoms with Crippen molar-refractivity contribution in [2.75, 3.05) is 6.54 Å². The fraction of sp³-hybridized carbons (Fsp3) is 0.552. The summed E-state index contributed by atoms with van der Waals surface area (Å²) in [6.45, 7) is 7.32. The molecule has 1 N–H and O–H groups in total. The van der Waals surface area contributed by atoms with E-state index in [0.29, 0.717) is 24.4 Å². The molecule has 1 fully saturated rings. The molecule has 36 heavy (non-hydrogen) atoms. The van der Waals surface area contributed by atoms with Crippen molar-refractivity contribution in [3.8, 4) is 0 Å². The number of benzene rings is 2. The van der Waals surface area contributed by atoms with Crippen LogP contribution < -0.4 is 5.32 Å². The molecule has 3 aliphatic rings. The first kappa shape index (κ1) is 25.8. The lowest BCUT2D eigenvalue weighted by molar-refractivity contribution is -0.145. The average molecular weight is 564 g/mol. The summed E-state index contributed by atoms with van der Waals surface area (Å²) in [6, 6.07) is 11.0. The molecule has 0 saturated heterocycles. The Bertz CT molecular complexity index is 1160. The Morgan fingerprint density at radius 1 is 1.14 bits per heavy atom. The number of halogens is 4. The van der Waals surface area contributed by atoms with Gasteiger partial charge in [0.15, 0.2) is 0 Å². The Kier molecular flexibility index (Phi) is 6.78. The quantitative estimate of drug-likeness (QED) is 0.421. The molecule has 3 nitrogen and oxygen atoms in total. The highest BCUT2D eigenvalue weighted by Gasteiger charge is 2.50. The number of nitrogens with one attached hydrogen (secondary N) is 1. The van der Waals surface area contributed by atoms with Gasteiger partial charge in [-0.1, -0.05) is 48.8 Å². The fourth-order valence-corrected chi connectivity index (χ4v) is 7.12. The number of fused-ring (bicyclic) bond motifs is 2. The summed E-state index contributed by atoms with van der Waals surface area (Å²) in [7, 11) is 0. The molecule has 7 heteroatoms. The molecule has 2 aromatic carbocycles. The molecular weight excluding hydrogens is 529 g/mol. The summed E-state index contributed by atoms with van der Waals surface area (Å²) in [5.41, 5.74) is 3.15. The summed E-state index contributed by atoms with van der Waals surface area (Å²) in [5, 5.41) is 3.88. The molecule has 0 radical (unpaired) electrons. The van der Waals surface area contributed by atoms with Gasteiger partial charge in [-0.15, -0.1) is 0 Å². The summed E-state index contributed by atoms with van der Waals surface area (Å²) in [4.78, 5) is 15.8. The van der Waals surface area contributed by atoms with Gasteiger partial charge >= 0.3 is 6.18 Å². The zero-order valence-electron chi connectivity index (χ0n) is 21.1. The van der Waals surface area contributed by atoms with Crippen LogP contribution in [0.5, 0.6) is 0 Å². The molecule has 0 bridgehead atoms. The highest BCUT2D eigenvalue weighted by molar-refractivity contribution is 9.10. The van der Waals surface area contributed by atoms with E-state index >= 15 is 0 Å². The third-order valence-electron chi connectivity index (χ3n) is 8.90. The highest BCUT2D eigenvalue weighted by Crippen LogP contribution is 2.48. The van der Waals surface area contributed by atoms with Gasteiger partial charge in [0.1, 0.15) is 0 Å². The number of hydrogen-bond donors (Lipinski definition) is 1. The van der Waals surface area contributed by atoms with E-state index in [1.165, 1.54) is 17.2 Å². The van der Waals surface area contributed by atoms with E-state index in [4.69, 9.17) is 0 Å². The number of rotatable bonds is 4. The predicted molar refractivity (Wildman–Crippen MR) is 139 cm³/mol. The first-order valence-electron chi connectivity index (χ1n) is 13.0. The summed E-state index contributed by atoms with van der Waals surface area (Å²) < 4.78 is 41.0. The Morgan fingerprint density at radius 3 is 2.64 bits per heavy atom. The lowest BCUT2D eigenvalue weighted by Crippen LogP contribution is -2.48. The van der Waals surface area contributed by atoms with Crippen LogP contribution >= 0.6 is 15.9 Å². The summed E-state index contributed by atoms with van der Waals surface area (Å²) in [6.07, 6.45) is -0.216. The van der Waals surface area contributed by atoms with Gasteiger partial charge in [-0.05, 0) is 90.5 Å². The van der Waals surface area contributed by atoms with E-state index in [2.05, 4.69) is 60.2 Å². The molecule has 1 aliphatic heterocycles. The van der Waals surface area contributed by atoms with Crippen LogP contribution in [0.2, 0.25) is 0 Å². The third kappa shape index (κ3) is 4.62. The second-order valence-corrected chi connectivity index (χ2v) is 12.3. The van der Waals surface area contributed by atoms with E-state index in [-0.39, 0.29) is 30.5 Å². The number of alkyl halides is 3. The third-order valence-corrected chi connectivity index (χ3v) is 9.39. The van der Waals surface area contributed by atoms with Crippen molar-refractivity contribution in [2.45, 2.75) is 83.6 Å². The minimum atomic E-state index is -4.38. The SMILES string of the molecule is CC(C)[C@]1(C(=O)N2CCc3ccc(C(F)(F)F)cc3C2)CC[C@@H](N[C@H]2C[C@@H](C)c3cc(Br)ccc32)C1. The number of carbonyl (C=O) groups excluding carboxylic acids is 1. The summed E-state index contributed by atoms with van der Waals surface area (Å²) in [5.74, 6) is 0.752. The number of nitrogens with zero attached hydrogens (tertiary/aromatic N) is 1. The van der Waals surface area contributed by atoms with E-state index in [1.807, 2.05) is 4.90 Å². The Morgan fingerprint density at radius 2 is 1.92 bits per heavy atom. The maximum absolute atomic E-state index is 14.0. The zero-order valence-corrected chi connectivity index (χ0v) is 22.7. The van der Waals surface area contributed by atoms with Gasteiger partial charge in [-0.3, -0.25) is 4.79 Å². The number of hydrogen-bond acceptors (Lipinski definition) is 2. The van der Waals surface area contributed by atoms with Gasteiger partial charge in [0.05, 0.1) is 11.0 Å². The fourth-order valence-electron chi connectivity index (χ4n) is 6.74. The maximum Gasteiger partial charge on any atom is 0.416 e. The van der Waals surface area contributed by atoms with Crippen molar-refractivity contribution in [2.24, 2.45) is 11.3 Å². The summed E-state index contributed by atoms with van der Waals surface area (Å²) >= 11 is 3.59. The highest BCUT2D eigenvalue weighted by atomic mass is 79.9. The van der Waals surface area contributed by atoms with Crippen molar-refractivity contribution in [3.05, 3.63) is 68.7 Å². The van der Waals surface area contributed by atoms with Gasteiger partial charge in [0.2, 0.25) is 5.91 Å². The molecule has 4 atom stereocenters. The first-order chi connectivity index (χ1) is 17.0. The van der Waals surface area contributed by atoms with Gasteiger partial charge < -0.3 is 10.2 Å². The Balaban J connectivity index is 1.32. The van der Waals surface area contributed by atoms with Crippen molar-refractivity contribution >= 4 is 21.8 Å². The topological polar surface area (TPSA) is 32.3 Å². The van der Waals surface area contributed by atoms with Crippen molar-refractivity contribution in [3.63, 3.8) is 0 Å². The predicted octanol–water partition coefficient (Wildman–Crippen LogP) is 7.39. The Labute approximate surface area is 220 Å². The van der Waals surface area contributed by atoms with Crippen molar-refractivity contribution in [1.29, 1.82) is 0 Å². The average Bonchev–Trinajstić information content (AvgIpc) is 3.39. The molecule has 0 unspecified atom stereocenters. The van der Waals surface area contributed by atoms with Crippen molar-refractivity contribution in [1.82, 2.24) is 10.2 Å². The molecule has 5 rings (SSSR count). The van der Waals surface area contributed by atoms with E-state index in [9.17, 15) is 18.0 Å². The number of amides is 1. The van der Waals surface area contributed by atoms with Crippen molar-refractivity contribution < 1.29 is 18.0 Å². The Hall–Kier alpha value is -1.86. The molecule has 2 aromatic rings. The minimum absolute atomic E-state index is 0.106. The molecule has 0 spiro atoms. The normalized spacial score (nSPS) is 27.9. The molecule has 1 saturated carbocycles. The second kappa shape index (κ2) is 9.46. The van der Waals surface area contributed by atoms with Crippen LogP contribution in [0.15, 0.2) is 40.9 Å². The molecule has 2 aliphatic carbocycles. The van der Waals surface area contributed by atoms with E-state index in [1.54, 1.807) is 6.07 Å². The van der Waals surface area contributed by atoms with Crippen LogP contribution in [0.25, 0.3) is 0 Å². The molecule has 1 heterocycles. The monoisotopic (exact) mass is 562 g/mol. The van der Waals surface area contributed by atoms with E-state index in [0.717, 1.165) is 41.8 Å². The standard InChI is InChI=1S/C29H34BrF3N2O/c1-17(2)28(27(36)35-11-9-19-4-5-21(29(31,32)33)13-20(19)16-35)10-8-23(15-28)34-26-12-18(3)25-14-22(30)6-7-24(25)26/h4-7,13-14,17-18,23,26,34H,8-12,15-16H2,1-3H3/t18-,23-,26+,28+/m1/s1. The smallest absolute Gasteiger partial charge is 0.338 e. The number of carbonyl (C=O) groups is 1. The van der Waals surface area contributed by atoms with Gasteiger partial charge in [0.25, 0.3) is 0 Å². The maximum atomic E-state index is 14.0. The lowest BCUT2D eigenvalue weighted by atomic mass is 9.73. The second-order valence-electron chi connectivity index (χ2n) is 11.3. The van der Waals surface area contributed by atoms with Crippen LogP contribution in [0.4, 0.5) is 13.2 Å². The van der Waals surface area contributed by atoms with Crippen LogP contribution in [0.3, 0.4) is 0 Å². The first-order valence-corrected chi connectivity index (χ1v) is 13.8. The van der Waals surface area contributed by atoms with Gasteiger partial charge in [0, 0.05) is 29.6 Å². The van der Waals surface area contributed by atoms with Crippen LogP contribution in [-0.4, -0.2) is 23.4 Å². The minimum Gasteiger partial charge on any atom is -0.338 e. The van der Waals surface area contributed by atoms with Crippen LogP contribution in [0, 0.1) is 11.3 Å². The van der Waals surface area contributed by atoms with E-state index < -0.39 is 17.2 Å². The van der Waals surface area contributed by atoms with Gasteiger partial charge in [-0.2, -0.15) is 13.2 Å². The van der Waals surface area contributed by atoms with Crippen LogP contribution in [0.1, 0.15) is 86.2 Å². The molecule has 194 valence electrons. The molecular formula is C29H34BrF3N2O. The lowest BCUT2D eigenvalue weighted by Gasteiger charge is -2.40. The molecule has 0 aromatic heterocycles.